The summed E-state index contributed by atoms with van der Waals surface area (Å²) in [5.74, 6) is 0.716. The van der Waals surface area contributed by atoms with E-state index in [0.717, 1.165) is 10.9 Å². The summed E-state index contributed by atoms with van der Waals surface area (Å²) in [7, 11) is 1.58. The molecule has 3 heterocycles. The lowest BCUT2D eigenvalue weighted by Crippen LogP contribution is -2.67. The second-order valence-electron chi connectivity index (χ2n) is 10.2. The maximum atomic E-state index is 13.4. The molecule has 39 heavy (non-hydrogen) atoms. The van der Waals surface area contributed by atoms with E-state index in [2.05, 4.69) is 0 Å². The molecule has 1 fully saturated rings. The minimum atomic E-state index is -0.648. The van der Waals surface area contributed by atoms with Crippen LogP contribution in [0.5, 0.6) is 11.5 Å². The quantitative estimate of drug-likeness (QED) is 0.231. The second-order valence-corrected chi connectivity index (χ2v) is 11.3. The van der Waals surface area contributed by atoms with Gasteiger partial charge in [0.1, 0.15) is 41.4 Å². The van der Waals surface area contributed by atoms with Crippen molar-refractivity contribution in [2.45, 2.75) is 44.5 Å². The Balaban J connectivity index is 1.38. The van der Waals surface area contributed by atoms with Crippen LogP contribution in [0.1, 0.15) is 26.3 Å². The average molecular weight is 552 g/mol. The van der Waals surface area contributed by atoms with Crippen LogP contribution in [0.4, 0.5) is 0 Å². The lowest BCUT2D eigenvalue weighted by molar-refractivity contribution is -0.178. The Kier molecular flexibility index (Phi) is 7.42. The van der Waals surface area contributed by atoms with Crippen molar-refractivity contribution in [3.05, 3.63) is 81.9 Å². The van der Waals surface area contributed by atoms with Gasteiger partial charge in [-0.25, -0.2) is 9.59 Å². The van der Waals surface area contributed by atoms with Crippen molar-refractivity contribution in [1.29, 1.82) is 0 Å². The van der Waals surface area contributed by atoms with Gasteiger partial charge in [0.15, 0.2) is 6.10 Å². The van der Waals surface area contributed by atoms with Crippen LogP contribution in [0.25, 0.3) is 11.0 Å². The normalized spacial score (nSPS) is 19.0. The zero-order chi connectivity index (χ0) is 27.7. The third-order valence-corrected chi connectivity index (χ3v) is 7.52. The Morgan fingerprint density at radius 1 is 1.03 bits per heavy atom. The molecule has 0 radical (unpaired) electrons. The molecule has 0 aliphatic carbocycles. The summed E-state index contributed by atoms with van der Waals surface area (Å²) in [5.41, 5.74) is 1.01. The van der Waals surface area contributed by atoms with Gasteiger partial charge < -0.3 is 23.4 Å². The Labute approximate surface area is 229 Å². The molecule has 0 spiro atoms. The fourth-order valence-corrected chi connectivity index (χ4v) is 5.64. The predicted molar refractivity (Wildman–Crippen MR) is 146 cm³/mol. The first-order chi connectivity index (χ1) is 18.6. The van der Waals surface area contributed by atoms with Gasteiger partial charge in [-0.3, -0.25) is 9.69 Å². The largest absolute Gasteiger partial charge is 0.497 e. The van der Waals surface area contributed by atoms with Gasteiger partial charge in [0, 0.05) is 28.8 Å². The van der Waals surface area contributed by atoms with E-state index < -0.39 is 23.3 Å². The van der Waals surface area contributed by atoms with E-state index in [1.165, 1.54) is 22.7 Å². The van der Waals surface area contributed by atoms with E-state index in [0.29, 0.717) is 28.4 Å². The molecule has 0 bridgehead atoms. The molecule has 2 aliphatic heterocycles. The summed E-state index contributed by atoms with van der Waals surface area (Å²) in [6, 6.07) is 15.4. The number of esters is 1. The van der Waals surface area contributed by atoms with Gasteiger partial charge in [-0.05, 0) is 56.7 Å². The van der Waals surface area contributed by atoms with Gasteiger partial charge in [-0.15, -0.1) is 11.8 Å². The van der Waals surface area contributed by atoms with Crippen molar-refractivity contribution in [1.82, 2.24) is 4.90 Å². The third-order valence-electron chi connectivity index (χ3n) is 6.21. The molecule has 0 N–H and O–H groups in total. The molecule has 0 unspecified atom stereocenters. The number of methoxy groups -OCH3 is 1. The summed E-state index contributed by atoms with van der Waals surface area (Å²) in [5, 5.41) is 0.426. The van der Waals surface area contributed by atoms with Gasteiger partial charge in [-0.2, -0.15) is 0 Å². The van der Waals surface area contributed by atoms with Crippen molar-refractivity contribution in [3.63, 3.8) is 0 Å². The number of carbonyl (C=O) groups is 2. The Morgan fingerprint density at radius 3 is 2.46 bits per heavy atom. The number of thioether (sulfide) groups is 1. The van der Waals surface area contributed by atoms with Gasteiger partial charge in [0.2, 0.25) is 0 Å². The highest BCUT2D eigenvalue weighted by molar-refractivity contribution is 8.00. The number of ether oxygens (including phenoxy) is 4. The van der Waals surface area contributed by atoms with Crippen LogP contribution in [0.15, 0.2) is 75.1 Å². The molecular weight excluding hydrogens is 522 g/mol. The van der Waals surface area contributed by atoms with Gasteiger partial charge in [-0.1, -0.05) is 12.1 Å². The lowest BCUT2D eigenvalue weighted by atomic mass is 10.0. The van der Waals surface area contributed by atoms with Crippen LogP contribution < -0.4 is 15.1 Å². The molecule has 1 amide bonds. The van der Waals surface area contributed by atoms with Crippen LogP contribution in [-0.2, 0) is 25.7 Å². The predicted octanol–water partition coefficient (Wildman–Crippen LogP) is 4.28. The minimum absolute atomic E-state index is 0.0337. The van der Waals surface area contributed by atoms with Gasteiger partial charge in [0.05, 0.1) is 12.7 Å². The number of nitrogens with zero attached hydrogens (tertiary/aromatic N) is 1. The van der Waals surface area contributed by atoms with Crippen molar-refractivity contribution in [2.75, 3.05) is 19.5 Å². The standard InChI is InChI=1S/C29H29NO8S/c1-29(2,3)38-25-26(32)30-24(28(33)36-14-17-5-9-20(34-4)10-6-17)19(16-39-27(25)30)15-35-21-11-7-18-8-12-23(31)37-22(18)13-21/h5-13,25,27H,14-16H2,1-4H3/t25-,27+/m0/s1. The van der Waals surface area contributed by atoms with E-state index in [1.54, 1.807) is 43.5 Å². The molecule has 1 aromatic heterocycles. The smallest absolute Gasteiger partial charge is 0.355 e. The maximum absolute atomic E-state index is 13.4. The number of amides is 1. The molecule has 5 rings (SSSR count). The molecule has 9 nitrogen and oxygen atoms in total. The summed E-state index contributed by atoms with van der Waals surface area (Å²) >= 11 is 1.51. The van der Waals surface area contributed by atoms with Crippen LogP contribution in [0.3, 0.4) is 0 Å². The van der Waals surface area contributed by atoms with Crippen molar-refractivity contribution in [2.24, 2.45) is 0 Å². The van der Waals surface area contributed by atoms with Crippen LogP contribution >= 0.6 is 11.8 Å². The molecule has 2 aromatic carbocycles. The number of hydrogen-bond acceptors (Lipinski definition) is 9. The number of fused-ring (bicyclic) bond motifs is 2. The topological polar surface area (TPSA) is 105 Å². The van der Waals surface area contributed by atoms with Crippen molar-refractivity contribution < 1.29 is 33.0 Å². The fourth-order valence-electron chi connectivity index (χ4n) is 4.34. The monoisotopic (exact) mass is 551 g/mol. The lowest BCUT2D eigenvalue weighted by Gasteiger charge is -2.50. The van der Waals surface area contributed by atoms with E-state index in [4.69, 9.17) is 23.4 Å². The van der Waals surface area contributed by atoms with Gasteiger partial charge in [0.25, 0.3) is 5.91 Å². The average Bonchev–Trinajstić information content (AvgIpc) is 2.92. The van der Waals surface area contributed by atoms with E-state index in [9.17, 15) is 14.4 Å². The number of rotatable bonds is 8. The summed E-state index contributed by atoms with van der Waals surface area (Å²) in [4.78, 5) is 39.6. The van der Waals surface area contributed by atoms with Crippen LogP contribution in [0, 0.1) is 0 Å². The first-order valence-corrected chi connectivity index (χ1v) is 13.5. The molecule has 2 aliphatic rings. The Hall–Kier alpha value is -3.76. The van der Waals surface area contributed by atoms with E-state index >= 15 is 0 Å². The second kappa shape index (κ2) is 10.8. The molecule has 3 aromatic rings. The number of hydrogen-bond donors (Lipinski definition) is 0. The molecule has 0 saturated carbocycles. The first kappa shape index (κ1) is 26.8. The highest BCUT2D eigenvalue weighted by atomic mass is 32.2. The molecule has 2 atom stereocenters. The van der Waals surface area contributed by atoms with Crippen LogP contribution in [-0.4, -0.2) is 53.3 Å². The highest BCUT2D eigenvalue weighted by Gasteiger charge is 2.55. The Bertz CT molecular complexity index is 1490. The number of benzene rings is 2. The van der Waals surface area contributed by atoms with Crippen LogP contribution in [0.2, 0.25) is 0 Å². The summed E-state index contributed by atoms with van der Waals surface area (Å²) in [6.07, 6.45) is -0.648. The minimum Gasteiger partial charge on any atom is -0.497 e. The number of carbonyl (C=O) groups excluding carboxylic acids is 2. The number of β-lactam (4-membered cyclic amide) rings is 1. The summed E-state index contributed by atoms with van der Waals surface area (Å²) in [6.45, 7) is 5.75. The molecule has 10 heteroatoms. The summed E-state index contributed by atoms with van der Waals surface area (Å²) < 4.78 is 28.0. The van der Waals surface area contributed by atoms with E-state index in [-0.39, 0.29) is 30.2 Å². The van der Waals surface area contributed by atoms with Crippen molar-refractivity contribution >= 4 is 34.6 Å². The molecule has 204 valence electrons. The SMILES string of the molecule is COc1ccc(COC(=O)C2=C(COc3ccc4ccc(=O)oc4c3)CS[C@@H]3[C@@H](OC(C)(C)C)C(=O)N23)cc1. The van der Waals surface area contributed by atoms with E-state index in [1.807, 2.05) is 32.9 Å². The third kappa shape index (κ3) is 5.81. The zero-order valence-corrected chi connectivity index (χ0v) is 22.9. The molecule has 1 saturated heterocycles. The zero-order valence-electron chi connectivity index (χ0n) is 22.1. The van der Waals surface area contributed by atoms with Gasteiger partial charge >= 0.3 is 11.6 Å². The maximum Gasteiger partial charge on any atom is 0.355 e. The molecular formula is C29H29NO8S. The fraction of sp³-hybridized carbons (Fsp3) is 0.345. The van der Waals surface area contributed by atoms with Crippen molar-refractivity contribution in [3.8, 4) is 11.5 Å². The Morgan fingerprint density at radius 2 is 1.74 bits per heavy atom. The highest BCUT2D eigenvalue weighted by Crippen LogP contribution is 2.43. The first-order valence-electron chi connectivity index (χ1n) is 12.4.